The fourth-order valence-electron chi connectivity index (χ4n) is 0.363. The standard InChI is InChI=1S/C6H6Cl2O4/c7-5(9)11-3-1-2-4-12-6(8)10/h1-2H,3-4H2. The lowest BCUT2D eigenvalue weighted by atomic mass is 10.5. The summed E-state index contributed by atoms with van der Waals surface area (Å²) in [4.78, 5) is 20.0. The molecule has 0 rings (SSSR count). The highest BCUT2D eigenvalue weighted by Crippen LogP contribution is 1.89. The van der Waals surface area contributed by atoms with Crippen LogP contribution in [0.1, 0.15) is 0 Å². The van der Waals surface area contributed by atoms with Crippen LogP contribution >= 0.6 is 23.2 Å². The molecule has 0 spiro atoms. The number of ether oxygens (including phenoxy) is 2. The zero-order valence-corrected chi connectivity index (χ0v) is 7.47. The average Bonchev–Trinajstić information content (AvgIpc) is 1.95. The van der Waals surface area contributed by atoms with E-state index < -0.39 is 10.9 Å². The second kappa shape index (κ2) is 6.94. The summed E-state index contributed by atoms with van der Waals surface area (Å²) in [7, 11) is 0. The number of rotatable bonds is 4. The van der Waals surface area contributed by atoms with Crippen molar-refractivity contribution in [2.75, 3.05) is 13.2 Å². The molecule has 0 saturated carbocycles. The molecular formula is C6H6Cl2O4. The van der Waals surface area contributed by atoms with Gasteiger partial charge in [-0.25, -0.2) is 9.59 Å². The number of halogens is 2. The Hall–Kier alpha value is -0.740. The lowest BCUT2D eigenvalue weighted by Crippen LogP contribution is -1.95. The number of hydrogen-bond donors (Lipinski definition) is 0. The number of carbonyl (C=O) groups excluding carboxylic acids is 2. The van der Waals surface area contributed by atoms with Crippen molar-refractivity contribution in [2.24, 2.45) is 0 Å². The van der Waals surface area contributed by atoms with E-state index in [1.165, 1.54) is 12.2 Å². The number of carbonyl (C=O) groups is 2. The molecule has 0 radical (unpaired) electrons. The maximum absolute atomic E-state index is 9.99. The first-order valence-corrected chi connectivity index (χ1v) is 3.68. The van der Waals surface area contributed by atoms with Crippen molar-refractivity contribution in [1.82, 2.24) is 0 Å². The van der Waals surface area contributed by atoms with Gasteiger partial charge in [-0.2, -0.15) is 0 Å². The molecule has 0 unspecified atom stereocenters. The molecule has 12 heavy (non-hydrogen) atoms. The Bertz CT molecular complexity index is 170. The lowest BCUT2D eigenvalue weighted by molar-refractivity contribution is 0.182. The van der Waals surface area contributed by atoms with Crippen molar-refractivity contribution in [3.05, 3.63) is 12.2 Å². The first-order chi connectivity index (χ1) is 5.63. The van der Waals surface area contributed by atoms with Crippen LogP contribution in [-0.2, 0) is 9.47 Å². The van der Waals surface area contributed by atoms with Crippen molar-refractivity contribution >= 4 is 34.1 Å². The van der Waals surface area contributed by atoms with E-state index >= 15 is 0 Å². The highest BCUT2D eigenvalue weighted by molar-refractivity contribution is 6.61. The molecule has 0 N–H and O–H groups in total. The van der Waals surface area contributed by atoms with Crippen LogP contribution in [0, 0.1) is 0 Å². The fourth-order valence-corrected chi connectivity index (χ4v) is 0.489. The lowest BCUT2D eigenvalue weighted by Gasteiger charge is -1.94. The molecule has 0 aliphatic heterocycles. The van der Waals surface area contributed by atoms with Gasteiger partial charge >= 0.3 is 10.9 Å². The van der Waals surface area contributed by atoms with Crippen LogP contribution < -0.4 is 0 Å². The Morgan fingerprint density at radius 1 is 1.00 bits per heavy atom. The van der Waals surface area contributed by atoms with Gasteiger partial charge in [0.15, 0.2) is 0 Å². The van der Waals surface area contributed by atoms with Gasteiger partial charge in [0.2, 0.25) is 0 Å². The van der Waals surface area contributed by atoms with E-state index in [1.807, 2.05) is 0 Å². The third-order valence-corrected chi connectivity index (χ3v) is 0.971. The summed E-state index contributed by atoms with van der Waals surface area (Å²) < 4.78 is 8.63. The summed E-state index contributed by atoms with van der Waals surface area (Å²) in [5.41, 5.74) is -1.76. The van der Waals surface area contributed by atoms with Crippen LogP contribution in [0.25, 0.3) is 0 Å². The van der Waals surface area contributed by atoms with E-state index in [0.29, 0.717) is 0 Å². The van der Waals surface area contributed by atoms with E-state index in [2.05, 4.69) is 9.47 Å². The maximum atomic E-state index is 9.99. The third-order valence-electron chi connectivity index (χ3n) is 0.753. The summed E-state index contributed by atoms with van der Waals surface area (Å²) in [5.74, 6) is 0. The third kappa shape index (κ3) is 9.26. The highest BCUT2D eigenvalue weighted by Gasteiger charge is 1.91. The molecule has 0 saturated heterocycles. The minimum absolute atomic E-state index is 0.0438. The van der Waals surface area contributed by atoms with Crippen LogP contribution in [0.5, 0.6) is 0 Å². The quantitative estimate of drug-likeness (QED) is 0.531. The van der Waals surface area contributed by atoms with Gasteiger partial charge in [-0.1, -0.05) is 0 Å². The van der Waals surface area contributed by atoms with Crippen molar-refractivity contribution < 1.29 is 19.1 Å². The average molecular weight is 213 g/mol. The molecule has 6 heteroatoms. The van der Waals surface area contributed by atoms with E-state index in [-0.39, 0.29) is 13.2 Å². The first kappa shape index (κ1) is 11.3. The SMILES string of the molecule is O=C(Cl)OCC=CCOC(=O)Cl. The molecule has 0 aliphatic rings. The van der Waals surface area contributed by atoms with Crippen LogP contribution in [0.4, 0.5) is 9.59 Å². The Labute approximate surface area is 79.0 Å². The van der Waals surface area contributed by atoms with Gasteiger partial charge in [-0.05, 0) is 12.2 Å². The maximum Gasteiger partial charge on any atom is 0.404 e. The van der Waals surface area contributed by atoms with Crippen LogP contribution in [-0.4, -0.2) is 24.1 Å². The number of hydrogen-bond acceptors (Lipinski definition) is 4. The zero-order valence-electron chi connectivity index (χ0n) is 5.96. The molecule has 4 nitrogen and oxygen atoms in total. The molecule has 0 heterocycles. The van der Waals surface area contributed by atoms with Gasteiger partial charge in [-0.15, -0.1) is 0 Å². The van der Waals surface area contributed by atoms with Crippen molar-refractivity contribution in [2.45, 2.75) is 0 Å². The summed E-state index contributed by atoms with van der Waals surface area (Å²) in [6, 6.07) is 0. The largest absolute Gasteiger partial charge is 0.449 e. The van der Waals surface area contributed by atoms with Gasteiger partial charge in [0.25, 0.3) is 0 Å². The normalized spacial score (nSPS) is 9.83. The van der Waals surface area contributed by atoms with Gasteiger partial charge in [-0.3, -0.25) is 0 Å². The Balaban J connectivity index is 3.26. The van der Waals surface area contributed by atoms with Gasteiger partial charge in [0.05, 0.1) is 0 Å². The molecule has 0 atom stereocenters. The van der Waals surface area contributed by atoms with Crippen molar-refractivity contribution in [3.63, 3.8) is 0 Å². The molecule has 0 aliphatic carbocycles. The first-order valence-electron chi connectivity index (χ1n) is 2.92. The van der Waals surface area contributed by atoms with Gasteiger partial charge in [0.1, 0.15) is 13.2 Å². The van der Waals surface area contributed by atoms with Crippen LogP contribution in [0.15, 0.2) is 12.2 Å². The topological polar surface area (TPSA) is 52.6 Å². The molecule has 68 valence electrons. The van der Waals surface area contributed by atoms with Gasteiger partial charge in [0, 0.05) is 23.2 Å². The minimum Gasteiger partial charge on any atom is -0.449 e. The summed E-state index contributed by atoms with van der Waals surface area (Å²) in [6.45, 7) is 0.0876. The fraction of sp³-hybridized carbons (Fsp3) is 0.333. The molecule has 0 aromatic heterocycles. The predicted molar refractivity (Wildman–Crippen MR) is 43.5 cm³/mol. The second-order valence-corrected chi connectivity index (χ2v) is 2.19. The molecule has 0 aromatic carbocycles. The molecule has 0 fully saturated rings. The summed E-state index contributed by atoms with van der Waals surface area (Å²) >= 11 is 9.68. The van der Waals surface area contributed by atoms with E-state index in [1.54, 1.807) is 0 Å². The Kier molecular flexibility index (Phi) is 6.51. The highest BCUT2D eigenvalue weighted by atomic mass is 35.5. The zero-order chi connectivity index (χ0) is 9.40. The molecular weight excluding hydrogens is 207 g/mol. The van der Waals surface area contributed by atoms with E-state index in [0.717, 1.165) is 0 Å². The van der Waals surface area contributed by atoms with E-state index in [9.17, 15) is 9.59 Å². The second-order valence-electron chi connectivity index (χ2n) is 1.57. The van der Waals surface area contributed by atoms with Crippen LogP contribution in [0.2, 0.25) is 0 Å². The smallest absolute Gasteiger partial charge is 0.404 e. The monoisotopic (exact) mass is 212 g/mol. The summed E-state index contributed by atoms with van der Waals surface area (Å²) in [5, 5.41) is 0. The van der Waals surface area contributed by atoms with Crippen molar-refractivity contribution in [3.8, 4) is 0 Å². The summed E-state index contributed by atoms with van der Waals surface area (Å²) in [6.07, 6.45) is 2.94. The Morgan fingerprint density at radius 2 is 1.33 bits per heavy atom. The molecule has 0 bridgehead atoms. The molecule has 0 amide bonds. The predicted octanol–water partition coefficient (Wildman–Crippen LogP) is 2.29. The van der Waals surface area contributed by atoms with E-state index in [4.69, 9.17) is 23.2 Å². The van der Waals surface area contributed by atoms with Crippen LogP contribution in [0.3, 0.4) is 0 Å². The van der Waals surface area contributed by atoms with Crippen molar-refractivity contribution in [1.29, 1.82) is 0 Å². The molecule has 0 aromatic rings. The van der Waals surface area contributed by atoms with Gasteiger partial charge < -0.3 is 9.47 Å². The minimum atomic E-state index is -0.881. The Morgan fingerprint density at radius 3 is 1.58 bits per heavy atom.